The average Bonchev–Trinajstić information content (AvgIpc) is 1.86. The number of rotatable bonds is 4. The number of carbonyl (C=O) groups is 2. The van der Waals surface area contributed by atoms with Gasteiger partial charge in [-0.2, -0.15) is 0 Å². The fraction of sp³-hybridized carbons (Fsp3) is 0.714. The molecular formula is C7H14N2O2. The molecule has 4 heteroatoms. The van der Waals surface area contributed by atoms with E-state index in [1.807, 2.05) is 0 Å². The molecule has 2 amide bonds. The predicted molar refractivity (Wildman–Crippen MR) is 41.7 cm³/mol. The minimum absolute atomic E-state index is 0.00877. The van der Waals surface area contributed by atoms with Crippen LogP contribution in [0, 0.1) is 0 Å². The van der Waals surface area contributed by atoms with Gasteiger partial charge in [-0.25, -0.2) is 0 Å². The number of nitrogens with two attached hydrogens (primary N) is 1. The molecule has 0 atom stereocenters. The van der Waals surface area contributed by atoms with Crippen molar-refractivity contribution in [3.63, 3.8) is 0 Å². The van der Waals surface area contributed by atoms with Gasteiger partial charge in [0.05, 0.1) is 0 Å². The summed E-state index contributed by atoms with van der Waals surface area (Å²) < 4.78 is 0. The zero-order chi connectivity index (χ0) is 8.85. The number of hydrogen-bond donors (Lipinski definition) is 1. The second-order valence-electron chi connectivity index (χ2n) is 2.51. The first kappa shape index (κ1) is 9.94. The Morgan fingerprint density at radius 2 is 2.00 bits per heavy atom. The highest BCUT2D eigenvalue weighted by molar-refractivity contribution is 5.74. The molecule has 0 aliphatic heterocycles. The largest absolute Gasteiger partial charge is 0.370 e. The number of nitrogens with zero attached hydrogens (tertiary/aromatic N) is 1. The maximum Gasteiger partial charge on any atom is 0.219 e. The Labute approximate surface area is 66.4 Å². The summed E-state index contributed by atoms with van der Waals surface area (Å²) in [6.45, 7) is 2.09. The molecule has 0 aromatic heterocycles. The van der Waals surface area contributed by atoms with E-state index in [0.717, 1.165) is 0 Å². The van der Waals surface area contributed by atoms with Crippen molar-refractivity contribution < 1.29 is 9.59 Å². The lowest BCUT2D eigenvalue weighted by Crippen LogP contribution is -2.25. The quantitative estimate of drug-likeness (QED) is 0.612. The van der Waals surface area contributed by atoms with Crippen LogP contribution in [0.5, 0.6) is 0 Å². The molecule has 0 heterocycles. The monoisotopic (exact) mass is 158 g/mol. The summed E-state index contributed by atoms with van der Waals surface area (Å²) in [5.41, 5.74) is 4.91. The zero-order valence-electron chi connectivity index (χ0n) is 6.96. The number of amides is 2. The molecule has 0 spiro atoms. The van der Waals surface area contributed by atoms with Gasteiger partial charge in [-0.3, -0.25) is 9.59 Å². The first-order chi connectivity index (χ1) is 5.04. The topological polar surface area (TPSA) is 63.4 Å². The van der Waals surface area contributed by atoms with Crippen LogP contribution in [0.2, 0.25) is 0 Å². The second kappa shape index (κ2) is 4.71. The van der Waals surface area contributed by atoms with E-state index in [1.165, 1.54) is 6.92 Å². The normalized spacial score (nSPS) is 9.27. The van der Waals surface area contributed by atoms with Gasteiger partial charge >= 0.3 is 0 Å². The molecule has 0 saturated heterocycles. The highest BCUT2D eigenvalue weighted by Gasteiger charge is 2.01. The molecule has 0 aliphatic carbocycles. The lowest BCUT2D eigenvalue weighted by Gasteiger charge is -2.13. The fourth-order valence-electron chi connectivity index (χ4n) is 0.648. The molecule has 0 aliphatic rings. The van der Waals surface area contributed by atoms with E-state index < -0.39 is 0 Å². The summed E-state index contributed by atoms with van der Waals surface area (Å²) in [7, 11) is 1.70. The second-order valence-corrected chi connectivity index (χ2v) is 2.51. The van der Waals surface area contributed by atoms with Crippen molar-refractivity contribution in [2.75, 3.05) is 13.6 Å². The molecule has 11 heavy (non-hydrogen) atoms. The summed E-state index contributed by atoms with van der Waals surface area (Å²) in [6.07, 6.45) is 0.989. The van der Waals surface area contributed by atoms with Crippen molar-refractivity contribution in [2.24, 2.45) is 5.73 Å². The van der Waals surface area contributed by atoms with Gasteiger partial charge in [0.25, 0.3) is 0 Å². The van der Waals surface area contributed by atoms with E-state index in [-0.39, 0.29) is 11.8 Å². The van der Waals surface area contributed by atoms with Crippen molar-refractivity contribution >= 4 is 11.8 Å². The van der Waals surface area contributed by atoms with Crippen LogP contribution in [0.1, 0.15) is 19.8 Å². The SMILES string of the molecule is CC(=O)N(C)CCCC(N)=O. The highest BCUT2D eigenvalue weighted by Crippen LogP contribution is 1.91. The van der Waals surface area contributed by atoms with Gasteiger partial charge in [-0.05, 0) is 6.42 Å². The van der Waals surface area contributed by atoms with Crippen LogP contribution in [-0.4, -0.2) is 30.3 Å². The molecule has 0 saturated carbocycles. The lowest BCUT2D eigenvalue weighted by atomic mass is 10.3. The van der Waals surface area contributed by atoms with E-state index in [2.05, 4.69) is 0 Å². The molecule has 2 N–H and O–H groups in total. The molecule has 0 unspecified atom stereocenters. The van der Waals surface area contributed by atoms with E-state index in [4.69, 9.17) is 5.73 Å². The number of hydrogen-bond acceptors (Lipinski definition) is 2. The fourth-order valence-corrected chi connectivity index (χ4v) is 0.648. The Hall–Kier alpha value is -1.06. The van der Waals surface area contributed by atoms with Gasteiger partial charge in [0, 0.05) is 26.9 Å². The van der Waals surface area contributed by atoms with Crippen LogP contribution in [-0.2, 0) is 9.59 Å². The maximum absolute atomic E-state index is 10.6. The summed E-state index contributed by atoms with van der Waals surface area (Å²) >= 11 is 0. The molecule has 0 rings (SSSR count). The van der Waals surface area contributed by atoms with Gasteiger partial charge in [0.1, 0.15) is 0 Å². The van der Waals surface area contributed by atoms with Gasteiger partial charge < -0.3 is 10.6 Å². The average molecular weight is 158 g/mol. The van der Waals surface area contributed by atoms with Crippen LogP contribution in [0.3, 0.4) is 0 Å². The molecule has 0 aromatic rings. The summed E-state index contributed by atoms with van der Waals surface area (Å²) in [5.74, 6) is -0.309. The first-order valence-corrected chi connectivity index (χ1v) is 3.54. The van der Waals surface area contributed by atoms with Crippen molar-refractivity contribution in [3.05, 3.63) is 0 Å². The van der Waals surface area contributed by atoms with E-state index in [9.17, 15) is 9.59 Å². The Bertz CT molecular complexity index is 157. The van der Waals surface area contributed by atoms with Crippen molar-refractivity contribution in [1.82, 2.24) is 4.90 Å². The van der Waals surface area contributed by atoms with Crippen molar-refractivity contribution in [3.8, 4) is 0 Å². The zero-order valence-corrected chi connectivity index (χ0v) is 6.96. The smallest absolute Gasteiger partial charge is 0.219 e. The minimum atomic E-state index is -0.318. The third kappa shape index (κ3) is 5.39. The van der Waals surface area contributed by atoms with Crippen LogP contribution in [0.15, 0.2) is 0 Å². The van der Waals surface area contributed by atoms with Gasteiger partial charge in [0.2, 0.25) is 11.8 Å². The summed E-state index contributed by atoms with van der Waals surface area (Å²) in [4.78, 5) is 22.5. The molecular weight excluding hydrogens is 144 g/mol. The molecule has 0 fully saturated rings. The number of carbonyl (C=O) groups excluding carboxylic acids is 2. The Kier molecular flexibility index (Phi) is 4.26. The van der Waals surface area contributed by atoms with Crippen molar-refractivity contribution in [1.29, 1.82) is 0 Å². The molecule has 64 valence electrons. The van der Waals surface area contributed by atoms with Crippen LogP contribution < -0.4 is 5.73 Å². The van der Waals surface area contributed by atoms with Crippen LogP contribution in [0.25, 0.3) is 0 Å². The molecule has 4 nitrogen and oxygen atoms in total. The molecule has 0 bridgehead atoms. The third-order valence-corrected chi connectivity index (χ3v) is 1.45. The van der Waals surface area contributed by atoms with Gasteiger partial charge in [-0.1, -0.05) is 0 Å². The highest BCUT2D eigenvalue weighted by atomic mass is 16.2. The minimum Gasteiger partial charge on any atom is -0.370 e. The lowest BCUT2D eigenvalue weighted by molar-refractivity contribution is -0.128. The molecule has 0 radical (unpaired) electrons. The molecule has 0 aromatic carbocycles. The van der Waals surface area contributed by atoms with Crippen molar-refractivity contribution in [2.45, 2.75) is 19.8 Å². The Morgan fingerprint density at radius 1 is 1.45 bits per heavy atom. The number of primary amides is 1. The van der Waals surface area contributed by atoms with Gasteiger partial charge in [0.15, 0.2) is 0 Å². The first-order valence-electron chi connectivity index (χ1n) is 3.54. The van der Waals surface area contributed by atoms with Crippen LogP contribution >= 0.6 is 0 Å². The van der Waals surface area contributed by atoms with E-state index in [0.29, 0.717) is 19.4 Å². The predicted octanol–water partition coefficient (Wildman–Crippen LogP) is -0.270. The maximum atomic E-state index is 10.6. The van der Waals surface area contributed by atoms with E-state index >= 15 is 0 Å². The third-order valence-electron chi connectivity index (χ3n) is 1.45. The Morgan fingerprint density at radius 3 is 2.36 bits per heavy atom. The summed E-state index contributed by atoms with van der Waals surface area (Å²) in [5, 5.41) is 0. The standard InChI is InChI=1S/C7H14N2O2/c1-6(10)9(2)5-3-4-7(8)11/h3-5H2,1-2H3,(H2,8,11). The van der Waals surface area contributed by atoms with E-state index in [1.54, 1.807) is 11.9 Å². The van der Waals surface area contributed by atoms with Crippen LogP contribution in [0.4, 0.5) is 0 Å². The van der Waals surface area contributed by atoms with Gasteiger partial charge in [-0.15, -0.1) is 0 Å². The summed E-state index contributed by atoms with van der Waals surface area (Å²) in [6, 6.07) is 0. The Balaban J connectivity index is 3.39.